The van der Waals surface area contributed by atoms with Crippen molar-refractivity contribution in [2.75, 3.05) is 27.3 Å². The lowest BCUT2D eigenvalue weighted by Crippen LogP contribution is -2.30. The number of aromatic nitrogens is 2. The summed E-state index contributed by atoms with van der Waals surface area (Å²) in [5.74, 6) is 0.804. The van der Waals surface area contributed by atoms with Crippen LogP contribution in [-0.4, -0.2) is 47.7 Å². The Hall–Kier alpha value is -3.85. The zero-order chi connectivity index (χ0) is 26.5. The lowest BCUT2D eigenvalue weighted by Gasteiger charge is -2.19. The Kier molecular flexibility index (Phi) is 8.13. The number of hydrogen-bond acceptors (Lipinski definition) is 6. The predicted octanol–water partition coefficient (Wildman–Crippen LogP) is 5.32. The maximum atomic E-state index is 14.4. The molecule has 4 rings (SSSR count). The summed E-state index contributed by atoms with van der Waals surface area (Å²) in [5.41, 5.74) is 1.51. The van der Waals surface area contributed by atoms with Gasteiger partial charge in [-0.2, -0.15) is 0 Å². The Balaban J connectivity index is 1.90. The first kappa shape index (κ1) is 26.2. The zero-order valence-corrected chi connectivity index (χ0v) is 22.0. The van der Waals surface area contributed by atoms with Crippen molar-refractivity contribution in [2.24, 2.45) is 0 Å². The summed E-state index contributed by atoms with van der Waals surface area (Å²) in [6.07, 6.45) is 0. The number of hydrogen-bond donors (Lipinski definition) is 0. The smallest absolute Gasteiger partial charge is 0.266 e. The van der Waals surface area contributed by atoms with Crippen LogP contribution >= 0.6 is 11.8 Å². The molecule has 192 valence electrons. The topological polar surface area (TPSA) is 73.7 Å². The molecule has 0 spiro atoms. The minimum absolute atomic E-state index is 0.129. The van der Waals surface area contributed by atoms with E-state index in [1.54, 1.807) is 59.5 Å². The molecule has 0 saturated heterocycles. The van der Waals surface area contributed by atoms with Gasteiger partial charge in [0.05, 0.1) is 30.8 Å². The molecule has 37 heavy (non-hydrogen) atoms. The SMILES string of the molecule is CCN(CC)C(=O)c1ccc2c(=O)n(-c3cc(OC)cc(OC)c3)c(SCc3ccccc3F)nc2c1. The third-order valence-electron chi connectivity index (χ3n) is 6.05. The maximum Gasteiger partial charge on any atom is 0.266 e. The van der Waals surface area contributed by atoms with Crippen LogP contribution in [-0.2, 0) is 5.75 Å². The van der Waals surface area contributed by atoms with Crippen LogP contribution in [0.3, 0.4) is 0 Å². The van der Waals surface area contributed by atoms with Gasteiger partial charge in [0, 0.05) is 42.6 Å². The average Bonchev–Trinajstić information content (AvgIpc) is 2.92. The molecule has 1 heterocycles. The Morgan fingerprint density at radius 1 is 1.00 bits per heavy atom. The Morgan fingerprint density at radius 2 is 1.68 bits per heavy atom. The van der Waals surface area contributed by atoms with Crippen LogP contribution in [0, 0.1) is 5.82 Å². The minimum atomic E-state index is -0.333. The third-order valence-corrected chi connectivity index (χ3v) is 7.03. The summed E-state index contributed by atoms with van der Waals surface area (Å²) in [6, 6.07) is 16.5. The number of rotatable bonds is 9. The summed E-state index contributed by atoms with van der Waals surface area (Å²) in [5, 5.41) is 0.705. The van der Waals surface area contributed by atoms with Crippen molar-refractivity contribution in [3.8, 4) is 17.2 Å². The van der Waals surface area contributed by atoms with E-state index >= 15 is 0 Å². The number of thioether (sulfide) groups is 1. The number of nitrogens with zero attached hydrogens (tertiary/aromatic N) is 3. The summed E-state index contributed by atoms with van der Waals surface area (Å²) in [7, 11) is 3.06. The first-order valence-electron chi connectivity index (χ1n) is 11.9. The van der Waals surface area contributed by atoms with Crippen LogP contribution in [0.5, 0.6) is 11.5 Å². The molecule has 3 aromatic carbocycles. The number of halogens is 1. The van der Waals surface area contributed by atoms with E-state index in [9.17, 15) is 14.0 Å². The molecule has 0 atom stereocenters. The second-order valence-electron chi connectivity index (χ2n) is 8.20. The molecule has 0 unspecified atom stereocenters. The first-order chi connectivity index (χ1) is 17.9. The molecule has 0 radical (unpaired) electrons. The van der Waals surface area contributed by atoms with Gasteiger partial charge < -0.3 is 14.4 Å². The molecule has 1 aromatic heterocycles. The number of ether oxygens (including phenoxy) is 2. The van der Waals surface area contributed by atoms with Crippen molar-refractivity contribution in [1.29, 1.82) is 0 Å². The summed E-state index contributed by atoms with van der Waals surface area (Å²) in [4.78, 5) is 33.2. The molecule has 0 saturated carbocycles. The predicted molar refractivity (Wildman–Crippen MR) is 144 cm³/mol. The Bertz CT molecular complexity index is 1480. The second kappa shape index (κ2) is 11.5. The van der Waals surface area contributed by atoms with E-state index in [2.05, 4.69) is 0 Å². The average molecular weight is 522 g/mol. The summed E-state index contributed by atoms with van der Waals surface area (Å²) < 4.78 is 26.6. The van der Waals surface area contributed by atoms with Gasteiger partial charge in [-0.15, -0.1) is 0 Å². The molecule has 0 fully saturated rings. The number of carbonyl (C=O) groups excluding carboxylic acids is 1. The Labute approximate surface area is 218 Å². The van der Waals surface area contributed by atoms with E-state index in [0.717, 1.165) is 0 Å². The van der Waals surface area contributed by atoms with E-state index in [1.807, 2.05) is 13.8 Å². The summed E-state index contributed by atoms with van der Waals surface area (Å²) in [6.45, 7) is 4.98. The lowest BCUT2D eigenvalue weighted by atomic mass is 10.1. The lowest BCUT2D eigenvalue weighted by molar-refractivity contribution is 0.0773. The molecular weight excluding hydrogens is 493 g/mol. The van der Waals surface area contributed by atoms with Crippen molar-refractivity contribution in [1.82, 2.24) is 14.5 Å². The number of benzene rings is 3. The molecule has 0 aliphatic rings. The molecule has 7 nitrogen and oxygen atoms in total. The number of amides is 1. The van der Waals surface area contributed by atoms with Crippen molar-refractivity contribution in [3.05, 3.63) is 88.0 Å². The largest absolute Gasteiger partial charge is 0.497 e. The van der Waals surface area contributed by atoms with Crippen LogP contribution in [0.25, 0.3) is 16.6 Å². The van der Waals surface area contributed by atoms with E-state index in [-0.39, 0.29) is 23.0 Å². The van der Waals surface area contributed by atoms with E-state index < -0.39 is 0 Å². The maximum absolute atomic E-state index is 14.4. The van der Waals surface area contributed by atoms with Gasteiger partial charge in [-0.25, -0.2) is 9.37 Å². The van der Waals surface area contributed by atoms with Crippen molar-refractivity contribution in [3.63, 3.8) is 0 Å². The van der Waals surface area contributed by atoms with Gasteiger partial charge in [0.2, 0.25) is 0 Å². The van der Waals surface area contributed by atoms with Gasteiger partial charge in [0.25, 0.3) is 11.5 Å². The highest BCUT2D eigenvalue weighted by atomic mass is 32.2. The van der Waals surface area contributed by atoms with Gasteiger partial charge in [-0.05, 0) is 43.7 Å². The summed E-state index contributed by atoms with van der Waals surface area (Å²) >= 11 is 1.23. The highest BCUT2D eigenvalue weighted by Crippen LogP contribution is 2.30. The molecule has 9 heteroatoms. The van der Waals surface area contributed by atoms with Crippen LogP contribution in [0.1, 0.15) is 29.8 Å². The van der Waals surface area contributed by atoms with Gasteiger partial charge in [-0.1, -0.05) is 30.0 Å². The fourth-order valence-corrected chi connectivity index (χ4v) is 4.99. The number of methoxy groups -OCH3 is 2. The second-order valence-corrected chi connectivity index (χ2v) is 9.14. The van der Waals surface area contributed by atoms with Crippen LogP contribution in [0.15, 0.2) is 70.6 Å². The Morgan fingerprint density at radius 3 is 2.30 bits per heavy atom. The highest BCUT2D eigenvalue weighted by molar-refractivity contribution is 7.98. The fraction of sp³-hybridized carbons (Fsp3) is 0.250. The van der Waals surface area contributed by atoms with Gasteiger partial charge in [0.15, 0.2) is 5.16 Å². The van der Waals surface area contributed by atoms with Gasteiger partial charge in [0.1, 0.15) is 17.3 Å². The minimum Gasteiger partial charge on any atom is -0.497 e. The monoisotopic (exact) mass is 521 g/mol. The normalized spacial score (nSPS) is 10.9. The van der Waals surface area contributed by atoms with Crippen LogP contribution < -0.4 is 15.0 Å². The molecule has 0 aliphatic carbocycles. The number of fused-ring (bicyclic) bond motifs is 1. The van der Waals surface area contributed by atoms with Crippen molar-refractivity contribution >= 4 is 28.6 Å². The van der Waals surface area contributed by atoms with Crippen LogP contribution in [0.4, 0.5) is 4.39 Å². The quantitative estimate of drug-likeness (QED) is 0.219. The molecular formula is C28H28FN3O4S. The van der Waals surface area contributed by atoms with E-state index in [0.29, 0.717) is 57.5 Å². The standard InChI is InChI=1S/C28H28FN3O4S/c1-5-31(6-2)26(33)18-11-12-23-25(13-18)30-28(37-17-19-9-7-8-10-24(19)29)32(27(23)34)20-14-21(35-3)16-22(15-20)36-4/h7-16H,5-6,17H2,1-4H3. The first-order valence-corrected chi connectivity index (χ1v) is 12.8. The van der Waals surface area contributed by atoms with E-state index in [1.165, 1.54) is 36.6 Å². The van der Waals surface area contributed by atoms with Gasteiger partial charge >= 0.3 is 0 Å². The molecule has 0 N–H and O–H groups in total. The van der Waals surface area contributed by atoms with Crippen LogP contribution in [0.2, 0.25) is 0 Å². The molecule has 0 bridgehead atoms. The number of carbonyl (C=O) groups is 1. The highest BCUT2D eigenvalue weighted by Gasteiger charge is 2.19. The zero-order valence-electron chi connectivity index (χ0n) is 21.2. The van der Waals surface area contributed by atoms with Crippen molar-refractivity contribution in [2.45, 2.75) is 24.8 Å². The third kappa shape index (κ3) is 5.46. The van der Waals surface area contributed by atoms with Crippen molar-refractivity contribution < 1.29 is 18.7 Å². The fourth-order valence-electron chi connectivity index (χ4n) is 4.00. The molecule has 1 amide bonds. The molecule has 4 aromatic rings. The van der Waals surface area contributed by atoms with Gasteiger partial charge in [-0.3, -0.25) is 14.2 Å². The molecule has 0 aliphatic heterocycles. The van der Waals surface area contributed by atoms with E-state index in [4.69, 9.17) is 14.5 Å².